The monoisotopic (exact) mass is 260 g/mol. The smallest absolute Gasteiger partial charge is 0.244 e. The number of carbonyl (C=O) groups is 1. The van der Waals surface area contributed by atoms with Gasteiger partial charge in [0.2, 0.25) is 5.91 Å². The highest BCUT2D eigenvalue weighted by Gasteiger charge is 2.35. The quantitative estimate of drug-likeness (QED) is 0.829. The van der Waals surface area contributed by atoms with E-state index < -0.39 is 0 Å². The highest BCUT2D eigenvalue weighted by Crippen LogP contribution is 2.27. The maximum absolute atomic E-state index is 12.7. The predicted molar refractivity (Wildman–Crippen MR) is 72.7 cm³/mol. The van der Waals surface area contributed by atoms with Crippen LogP contribution in [0, 0.1) is 0 Å². The second-order valence-corrected chi connectivity index (χ2v) is 5.35. The molecule has 0 radical (unpaired) electrons. The van der Waals surface area contributed by atoms with E-state index in [9.17, 15) is 9.90 Å². The summed E-state index contributed by atoms with van der Waals surface area (Å²) < 4.78 is 0. The minimum Gasteiger partial charge on any atom is -0.394 e. The molecule has 0 aromatic heterocycles. The lowest BCUT2D eigenvalue weighted by Gasteiger charge is -2.32. The number of aliphatic hydroxyl groups excluding tert-OH is 1. The highest BCUT2D eigenvalue weighted by atomic mass is 16.3. The van der Waals surface area contributed by atoms with Gasteiger partial charge in [0.25, 0.3) is 0 Å². The Balaban J connectivity index is 1.85. The van der Waals surface area contributed by atoms with E-state index in [1.807, 2.05) is 23.1 Å². The molecule has 2 heterocycles. The normalized spacial score (nSPS) is 26.3. The Morgan fingerprint density at radius 2 is 2.26 bits per heavy atom. The number of aliphatic hydroxyl groups is 1. The molecule has 2 aliphatic rings. The molecule has 19 heavy (non-hydrogen) atoms. The Hall–Kier alpha value is -1.39. The predicted octanol–water partition coefficient (Wildman–Crippen LogP) is 0.857. The van der Waals surface area contributed by atoms with E-state index in [1.165, 1.54) is 5.56 Å². The van der Waals surface area contributed by atoms with E-state index in [2.05, 4.69) is 11.4 Å². The lowest BCUT2D eigenvalue weighted by Crippen LogP contribution is -2.46. The van der Waals surface area contributed by atoms with Gasteiger partial charge in [-0.2, -0.15) is 0 Å². The molecule has 1 unspecified atom stereocenters. The third-order valence-electron chi connectivity index (χ3n) is 4.23. The van der Waals surface area contributed by atoms with Crippen molar-refractivity contribution in [1.29, 1.82) is 0 Å². The standard InChI is InChI=1S/C15H20N2O2/c18-10-12-5-3-9-17(12)15(19)14-13-6-2-1-4-11(13)7-8-16-14/h1-2,4,6,12,14,16,18H,3,5,7-10H2/t12-,14?/m0/s1. The Labute approximate surface area is 113 Å². The van der Waals surface area contributed by atoms with E-state index >= 15 is 0 Å². The van der Waals surface area contributed by atoms with Crippen LogP contribution in [0.5, 0.6) is 0 Å². The first-order valence-electron chi connectivity index (χ1n) is 7.04. The van der Waals surface area contributed by atoms with Crippen molar-refractivity contribution in [3.63, 3.8) is 0 Å². The molecule has 1 aromatic carbocycles. The van der Waals surface area contributed by atoms with E-state index in [-0.39, 0.29) is 24.6 Å². The van der Waals surface area contributed by atoms with Crippen molar-refractivity contribution in [1.82, 2.24) is 10.2 Å². The maximum atomic E-state index is 12.7. The number of nitrogens with zero attached hydrogens (tertiary/aromatic N) is 1. The fourth-order valence-corrected chi connectivity index (χ4v) is 3.21. The molecule has 1 aromatic rings. The molecule has 102 valence electrons. The fraction of sp³-hybridized carbons (Fsp3) is 0.533. The Bertz CT molecular complexity index is 475. The van der Waals surface area contributed by atoms with Gasteiger partial charge in [-0.1, -0.05) is 24.3 Å². The van der Waals surface area contributed by atoms with Crippen LogP contribution in [-0.2, 0) is 11.2 Å². The first-order chi connectivity index (χ1) is 9.31. The van der Waals surface area contributed by atoms with Gasteiger partial charge >= 0.3 is 0 Å². The zero-order chi connectivity index (χ0) is 13.2. The topological polar surface area (TPSA) is 52.6 Å². The number of benzene rings is 1. The minimum atomic E-state index is -0.239. The zero-order valence-electron chi connectivity index (χ0n) is 11.0. The van der Waals surface area contributed by atoms with Crippen LogP contribution in [0.4, 0.5) is 0 Å². The number of hydrogen-bond donors (Lipinski definition) is 2. The third-order valence-corrected chi connectivity index (χ3v) is 4.23. The highest BCUT2D eigenvalue weighted by molar-refractivity contribution is 5.84. The van der Waals surface area contributed by atoms with Crippen LogP contribution in [0.3, 0.4) is 0 Å². The van der Waals surface area contributed by atoms with Crippen molar-refractivity contribution in [2.24, 2.45) is 0 Å². The first kappa shape index (κ1) is 12.6. The number of rotatable bonds is 2. The summed E-state index contributed by atoms with van der Waals surface area (Å²) in [6.45, 7) is 1.68. The van der Waals surface area contributed by atoms with E-state index in [1.54, 1.807) is 0 Å². The summed E-state index contributed by atoms with van der Waals surface area (Å²) >= 11 is 0. The molecule has 1 saturated heterocycles. The lowest BCUT2D eigenvalue weighted by molar-refractivity contribution is -0.135. The molecule has 0 aliphatic carbocycles. The summed E-state index contributed by atoms with van der Waals surface area (Å²) in [5.74, 6) is 0.115. The maximum Gasteiger partial charge on any atom is 0.244 e. The van der Waals surface area contributed by atoms with Gasteiger partial charge < -0.3 is 15.3 Å². The Kier molecular flexibility index (Phi) is 3.53. The molecule has 2 atom stereocenters. The summed E-state index contributed by atoms with van der Waals surface area (Å²) in [4.78, 5) is 14.5. The first-order valence-corrected chi connectivity index (χ1v) is 7.04. The molecule has 1 amide bonds. The zero-order valence-corrected chi connectivity index (χ0v) is 11.0. The Morgan fingerprint density at radius 1 is 1.42 bits per heavy atom. The van der Waals surface area contributed by atoms with Gasteiger partial charge in [0.1, 0.15) is 6.04 Å². The summed E-state index contributed by atoms with van der Waals surface area (Å²) in [5.41, 5.74) is 2.36. The van der Waals surface area contributed by atoms with E-state index in [4.69, 9.17) is 0 Å². The number of carbonyl (C=O) groups excluding carboxylic acids is 1. The molecule has 2 aliphatic heterocycles. The van der Waals surface area contributed by atoms with Crippen molar-refractivity contribution in [2.45, 2.75) is 31.3 Å². The summed E-state index contributed by atoms with van der Waals surface area (Å²) in [6, 6.07) is 7.91. The van der Waals surface area contributed by atoms with Crippen molar-refractivity contribution in [2.75, 3.05) is 19.7 Å². The van der Waals surface area contributed by atoms with Crippen LogP contribution in [0.15, 0.2) is 24.3 Å². The van der Waals surface area contributed by atoms with Gasteiger partial charge in [0.05, 0.1) is 12.6 Å². The molecule has 4 heteroatoms. The molecule has 2 N–H and O–H groups in total. The molecular weight excluding hydrogens is 240 g/mol. The van der Waals surface area contributed by atoms with Gasteiger partial charge in [0.15, 0.2) is 0 Å². The van der Waals surface area contributed by atoms with Crippen LogP contribution in [0.25, 0.3) is 0 Å². The van der Waals surface area contributed by atoms with Crippen LogP contribution < -0.4 is 5.32 Å². The number of likely N-dealkylation sites (tertiary alicyclic amines) is 1. The van der Waals surface area contributed by atoms with Crippen LogP contribution in [-0.4, -0.2) is 41.7 Å². The van der Waals surface area contributed by atoms with Crippen LogP contribution in [0.2, 0.25) is 0 Å². The minimum absolute atomic E-state index is 0.00314. The molecule has 3 rings (SSSR count). The SMILES string of the molecule is O=C(C1NCCc2ccccc21)N1CCC[C@H]1CO. The lowest BCUT2D eigenvalue weighted by atomic mass is 9.93. The second kappa shape index (κ2) is 5.31. The average molecular weight is 260 g/mol. The van der Waals surface area contributed by atoms with Gasteiger partial charge in [-0.3, -0.25) is 4.79 Å². The molecule has 0 spiro atoms. The summed E-state index contributed by atoms with van der Waals surface area (Å²) in [7, 11) is 0. The summed E-state index contributed by atoms with van der Waals surface area (Å²) in [5, 5.41) is 12.7. The molecule has 4 nitrogen and oxygen atoms in total. The average Bonchev–Trinajstić information content (AvgIpc) is 2.94. The second-order valence-electron chi connectivity index (χ2n) is 5.35. The van der Waals surface area contributed by atoms with Crippen molar-refractivity contribution >= 4 is 5.91 Å². The van der Waals surface area contributed by atoms with E-state index in [0.717, 1.165) is 37.9 Å². The number of amides is 1. The number of fused-ring (bicyclic) bond motifs is 1. The third kappa shape index (κ3) is 2.26. The molecule has 0 bridgehead atoms. The Morgan fingerprint density at radius 3 is 3.11 bits per heavy atom. The summed E-state index contributed by atoms with van der Waals surface area (Å²) in [6.07, 6.45) is 2.88. The van der Waals surface area contributed by atoms with Crippen molar-refractivity contribution in [3.05, 3.63) is 35.4 Å². The van der Waals surface area contributed by atoms with Gasteiger partial charge in [0, 0.05) is 13.1 Å². The van der Waals surface area contributed by atoms with Crippen molar-refractivity contribution in [3.8, 4) is 0 Å². The van der Waals surface area contributed by atoms with Crippen molar-refractivity contribution < 1.29 is 9.90 Å². The van der Waals surface area contributed by atoms with Gasteiger partial charge in [-0.25, -0.2) is 0 Å². The molecule has 0 saturated carbocycles. The van der Waals surface area contributed by atoms with E-state index in [0.29, 0.717) is 0 Å². The van der Waals surface area contributed by atoms with Gasteiger partial charge in [-0.05, 0) is 30.4 Å². The van der Waals surface area contributed by atoms with Crippen LogP contribution >= 0.6 is 0 Å². The number of nitrogens with one attached hydrogen (secondary N) is 1. The van der Waals surface area contributed by atoms with Crippen LogP contribution in [0.1, 0.15) is 30.0 Å². The molecular formula is C15H20N2O2. The molecule has 1 fully saturated rings. The van der Waals surface area contributed by atoms with Gasteiger partial charge in [-0.15, -0.1) is 0 Å². The number of hydrogen-bond acceptors (Lipinski definition) is 3. The largest absolute Gasteiger partial charge is 0.394 e. The fourth-order valence-electron chi connectivity index (χ4n) is 3.21.